The van der Waals surface area contributed by atoms with Gasteiger partial charge in [0.1, 0.15) is 10.6 Å². The summed E-state index contributed by atoms with van der Waals surface area (Å²) in [5.41, 5.74) is 3.34. The summed E-state index contributed by atoms with van der Waals surface area (Å²) in [4.78, 5) is 23.7. The van der Waals surface area contributed by atoms with Gasteiger partial charge in [0.2, 0.25) is 10.0 Å². The first-order valence-corrected chi connectivity index (χ1v) is 13.9. The molecule has 1 aliphatic heterocycles. The van der Waals surface area contributed by atoms with Crippen molar-refractivity contribution in [3.63, 3.8) is 0 Å². The van der Waals surface area contributed by atoms with E-state index in [2.05, 4.69) is 10.5 Å². The monoisotopic (exact) mass is 546 g/mol. The largest absolute Gasteiger partial charge is 0.366 e. The molecule has 2 aromatic rings. The minimum atomic E-state index is -4.11. The first-order chi connectivity index (χ1) is 17.9. The van der Waals surface area contributed by atoms with Gasteiger partial charge in [-0.3, -0.25) is 25.7 Å². The molecule has 0 atom stereocenters. The maximum atomic E-state index is 13.6. The van der Waals surface area contributed by atoms with Crippen LogP contribution in [0.25, 0.3) is 0 Å². The molecule has 1 fully saturated rings. The van der Waals surface area contributed by atoms with E-state index in [1.165, 1.54) is 28.7 Å². The van der Waals surface area contributed by atoms with Crippen LogP contribution < -0.4 is 10.3 Å². The van der Waals surface area contributed by atoms with Crippen LogP contribution in [0.3, 0.4) is 0 Å². The van der Waals surface area contributed by atoms with Crippen molar-refractivity contribution in [2.45, 2.75) is 45.4 Å². The van der Waals surface area contributed by atoms with Crippen LogP contribution in [0.4, 0.5) is 22.7 Å². The highest BCUT2D eigenvalue weighted by Crippen LogP contribution is 2.32. The van der Waals surface area contributed by atoms with E-state index in [1.54, 1.807) is 12.1 Å². The normalized spacial score (nSPS) is 14.2. The zero-order chi connectivity index (χ0) is 28.0. The molecule has 1 saturated heterocycles. The number of nitro groups is 2. The van der Waals surface area contributed by atoms with E-state index in [-0.39, 0.29) is 46.9 Å². The van der Waals surface area contributed by atoms with Crippen LogP contribution in [0.5, 0.6) is 0 Å². The Morgan fingerprint density at radius 1 is 1.00 bits per heavy atom. The molecule has 0 amide bonds. The summed E-state index contributed by atoms with van der Waals surface area (Å²) in [6.07, 6.45) is 3.31. The van der Waals surface area contributed by atoms with Crippen LogP contribution in [0.15, 0.2) is 46.4 Å². The Morgan fingerprint density at radius 2 is 1.63 bits per heavy atom. The quantitative estimate of drug-likeness (QED) is 0.225. The molecule has 0 radical (unpaired) electrons. The first-order valence-electron chi connectivity index (χ1n) is 12.5. The van der Waals surface area contributed by atoms with Crippen molar-refractivity contribution in [2.24, 2.45) is 16.9 Å². The number of benzene rings is 2. The lowest BCUT2D eigenvalue weighted by molar-refractivity contribution is -0.385. The van der Waals surface area contributed by atoms with Gasteiger partial charge in [-0.1, -0.05) is 33.8 Å². The van der Waals surface area contributed by atoms with Crippen molar-refractivity contribution in [3.8, 4) is 0 Å². The number of non-ortho nitro benzene ring substituents is 1. The lowest BCUT2D eigenvalue weighted by Gasteiger charge is -2.26. The van der Waals surface area contributed by atoms with Crippen molar-refractivity contribution >= 4 is 39.0 Å². The highest BCUT2D eigenvalue weighted by atomic mass is 32.2. The van der Waals surface area contributed by atoms with E-state index in [1.807, 2.05) is 32.6 Å². The van der Waals surface area contributed by atoms with E-state index in [9.17, 15) is 28.6 Å². The Morgan fingerprint density at radius 3 is 2.18 bits per heavy atom. The van der Waals surface area contributed by atoms with Gasteiger partial charge >= 0.3 is 0 Å². The fraction of sp³-hybridized carbons (Fsp3) is 0.480. The summed E-state index contributed by atoms with van der Waals surface area (Å²) in [7, 11) is -4.11. The number of nitro benzene ring substituents is 2. The summed E-state index contributed by atoms with van der Waals surface area (Å²) < 4.78 is 28.6. The second kappa shape index (κ2) is 12.3. The molecule has 1 aliphatic rings. The molecule has 1 N–H and O–H groups in total. The zero-order valence-electron chi connectivity index (χ0n) is 22.0. The Bertz CT molecular complexity index is 1300. The lowest BCUT2D eigenvalue weighted by atomic mass is 10.1. The van der Waals surface area contributed by atoms with Crippen molar-refractivity contribution in [1.82, 2.24) is 4.31 Å². The number of hydrogen-bond acceptors (Lipinski definition) is 9. The summed E-state index contributed by atoms with van der Waals surface area (Å²) in [5.74, 6) is 0.0759. The van der Waals surface area contributed by atoms with Gasteiger partial charge < -0.3 is 4.90 Å². The second-order valence-corrected chi connectivity index (χ2v) is 12.0. The standard InChI is InChI=1S/C25H34N6O6S/c1-18(2)16-29(17-19(3)4)38(36,37)25-14-21(30(32)33)8-9-22(25)27-26-15-20-7-10-23(24(13-20)31(34)35)28-11-5-6-12-28/h7-10,13-15,18-19,27H,5-6,11-12,16-17H2,1-4H3/b26-15-. The van der Waals surface area contributed by atoms with Crippen molar-refractivity contribution in [3.05, 3.63) is 62.2 Å². The Kier molecular flexibility index (Phi) is 9.39. The molecule has 0 saturated carbocycles. The molecule has 0 aliphatic carbocycles. The van der Waals surface area contributed by atoms with E-state index in [0.29, 0.717) is 11.3 Å². The number of hydrazone groups is 1. The van der Waals surface area contributed by atoms with Crippen LogP contribution in [0.1, 0.15) is 46.1 Å². The van der Waals surface area contributed by atoms with E-state index in [0.717, 1.165) is 32.0 Å². The van der Waals surface area contributed by atoms with Gasteiger partial charge in [-0.2, -0.15) is 9.41 Å². The molecule has 12 nitrogen and oxygen atoms in total. The zero-order valence-corrected chi connectivity index (χ0v) is 22.8. The van der Waals surface area contributed by atoms with Gasteiger partial charge in [-0.15, -0.1) is 0 Å². The minimum absolute atomic E-state index is 0.0348. The van der Waals surface area contributed by atoms with Gasteiger partial charge in [0.05, 0.1) is 21.7 Å². The van der Waals surface area contributed by atoms with Gasteiger partial charge in [0.15, 0.2) is 0 Å². The van der Waals surface area contributed by atoms with Crippen LogP contribution in [-0.4, -0.2) is 55.0 Å². The third kappa shape index (κ3) is 7.04. The molecule has 38 heavy (non-hydrogen) atoms. The fourth-order valence-electron chi connectivity index (χ4n) is 4.32. The van der Waals surface area contributed by atoms with Crippen molar-refractivity contribution < 1.29 is 18.3 Å². The smallest absolute Gasteiger partial charge is 0.293 e. The third-order valence-electron chi connectivity index (χ3n) is 5.97. The summed E-state index contributed by atoms with van der Waals surface area (Å²) >= 11 is 0. The first kappa shape index (κ1) is 29.0. The van der Waals surface area contributed by atoms with Crippen LogP contribution >= 0.6 is 0 Å². The number of nitrogens with one attached hydrogen (secondary N) is 1. The second-order valence-electron chi connectivity index (χ2n) is 10.1. The Balaban J connectivity index is 1.94. The maximum Gasteiger partial charge on any atom is 0.293 e. The van der Waals surface area contributed by atoms with E-state index < -0.39 is 19.9 Å². The van der Waals surface area contributed by atoms with Crippen LogP contribution in [0, 0.1) is 32.1 Å². The molecule has 0 bridgehead atoms. The highest BCUT2D eigenvalue weighted by molar-refractivity contribution is 7.89. The molecule has 1 heterocycles. The minimum Gasteiger partial charge on any atom is -0.366 e. The molecule has 3 rings (SSSR count). The van der Waals surface area contributed by atoms with Gasteiger partial charge in [-0.25, -0.2) is 8.42 Å². The highest BCUT2D eigenvalue weighted by Gasteiger charge is 2.30. The predicted octanol–water partition coefficient (Wildman–Crippen LogP) is 4.85. The van der Waals surface area contributed by atoms with Gasteiger partial charge in [0.25, 0.3) is 11.4 Å². The predicted molar refractivity (Wildman–Crippen MR) is 147 cm³/mol. The number of rotatable bonds is 12. The fourth-order valence-corrected chi connectivity index (χ4v) is 6.25. The van der Waals surface area contributed by atoms with Crippen molar-refractivity contribution in [2.75, 3.05) is 36.5 Å². The summed E-state index contributed by atoms with van der Waals surface area (Å²) in [6, 6.07) is 8.32. The lowest BCUT2D eigenvalue weighted by Crippen LogP contribution is -2.37. The molecular formula is C25H34N6O6S. The molecule has 2 aromatic carbocycles. The van der Waals surface area contributed by atoms with Gasteiger partial charge in [-0.05, 0) is 36.8 Å². The Hall–Kier alpha value is -3.58. The average molecular weight is 547 g/mol. The molecular weight excluding hydrogens is 512 g/mol. The Labute approximate surface area is 222 Å². The summed E-state index contributed by atoms with van der Waals surface area (Å²) in [5, 5.41) is 27.2. The van der Waals surface area contributed by atoms with Crippen LogP contribution in [-0.2, 0) is 10.0 Å². The van der Waals surface area contributed by atoms with Gasteiger partial charge in [0, 0.05) is 49.9 Å². The molecule has 206 valence electrons. The number of hydrogen-bond donors (Lipinski definition) is 1. The average Bonchev–Trinajstić information content (AvgIpc) is 3.37. The molecule has 0 aromatic heterocycles. The molecule has 0 unspecified atom stereocenters. The number of sulfonamides is 1. The van der Waals surface area contributed by atoms with Crippen molar-refractivity contribution in [1.29, 1.82) is 0 Å². The van der Waals surface area contributed by atoms with Crippen LogP contribution in [0.2, 0.25) is 0 Å². The number of anilines is 2. The summed E-state index contributed by atoms with van der Waals surface area (Å²) in [6.45, 7) is 9.61. The van der Waals surface area contributed by atoms with E-state index >= 15 is 0 Å². The topological polar surface area (TPSA) is 151 Å². The third-order valence-corrected chi connectivity index (χ3v) is 7.84. The SMILES string of the molecule is CC(C)CN(CC(C)C)S(=O)(=O)c1cc([N+](=O)[O-])ccc1N/N=C\c1ccc(N2CCCC2)c([N+](=O)[O-])c1. The van der Waals surface area contributed by atoms with E-state index in [4.69, 9.17) is 0 Å². The molecule has 0 spiro atoms. The molecule has 13 heteroatoms. The maximum absolute atomic E-state index is 13.6. The number of nitrogens with zero attached hydrogens (tertiary/aromatic N) is 5.